The Balaban J connectivity index is 2.73. The molecule has 6 nitrogen and oxygen atoms in total. The normalized spacial score (nSPS) is 17.9. The van der Waals surface area contributed by atoms with Gasteiger partial charge in [0.05, 0.1) is 5.69 Å². The first-order chi connectivity index (χ1) is 13.7. The summed E-state index contributed by atoms with van der Waals surface area (Å²) in [5.74, 6) is -9.83. The lowest BCUT2D eigenvalue weighted by Crippen LogP contribution is -2.30. The third kappa shape index (κ3) is 4.88. The number of benzene rings is 1. The molecule has 1 aliphatic heterocycles. The van der Waals surface area contributed by atoms with Gasteiger partial charge in [0.15, 0.2) is 33.3 Å². The van der Waals surface area contributed by atoms with Gasteiger partial charge in [-0.25, -0.2) is 34.4 Å². The molecule has 0 unspecified atom stereocenters. The second kappa shape index (κ2) is 8.70. The van der Waals surface area contributed by atoms with Gasteiger partial charge in [-0.3, -0.25) is 0 Å². The molecular weight excluding hydrogens is 469 g/mol. The van der Waals surface area contributed by atoms with Crippen LogP contribution in [0.25, 0.3) is 4.13 Å². The molecular formula is C15H14F7N2O4S2-. The van der Waals surface area contributed by atoms with Gasteiger partial charge in [-0.05, 0) is 25.7 Å². The number of sulfonamides is 2. The molecule has 2 rings (SSSR count). The summed E-state index contributed by atoms with van der Waals surface area (Å²) in [5.41, 5.74) is -7.61. The molecule has 1 aromatic rings. The number of rotatable bonds is 4. The molecule has 1 heterocycles. The number of halogens is 7. The average molecular weight is 483 g/mol. The smallest absolute Gasteiger partial charge is 0.424 e. The minimum absolute atomic E-state index is 0.123. The molecule has 0 radical (unpaired) electrons. The Bertz CT molecular complexity index is 1050. The number of alkyl halides is 3. The Morgan fingerprint density at radius 2 is 1.37 bits per heavy atom. The highest BCUT2D eigenvalue weighted by Crippen LogP contribution is 2.40. The molecule has 0 fully saturated rings. The molecule has 0 aromatic heterocycles. The molecule has 0 N–H and O–H groups in total. The third-order valence-corrected chi connectivity index (χ3v) is 7.09. The van der Waals surface area contributed by atoms with Gasteiger partial charge in [-0.15, -0.1) is 0 Å². The Labute approximate surface area is 167 Å². The largest absolute Gasteiger partial charge is 0.480 e. The van der Waals surface area contributed by atoms with Crippen molar-refractivity contribution in [1.29, 1.82) is 0 Å². The van der Waals surface area contributed by atoms with E-state index in [-0.39, 0.29) is 25.9 Å². The van der Waals surface area contributed by atoms with E-state index in [0.717, 1.165) is 4.90 Å². The molecule has 0 spiro atoms. The maximum atomic E-state index is 14.5. The second-order valence-electron chi connectivity index (χ2n) is 6.15. The Kier molecular flexibility index (Phi) is 7.08. The van der Waals surface area contributed by atoms with Crippen molar-refractivity contribution in [2.24, 2.45) is 0 Å². The van der Waals surface area contributed by atoms with E-state index in [1.54, 1.807) is 16.3 Å². The number of hydrogen-bond acceptors (Lipinski definition) is 5. The quantitative estimate of drug-likeness (QED) is 0.279. The van der Waals surface area contributed by atoms with Crippen molar-refractivity contribution < 1.29 is 47.6 Å². The van der Waals surface area contributed by atoms with Crippen LogP contribution in [0.2, 0.25) is 0 Å². The zero-order valence-electron chi connectivity index (χ0n) is 14.9. The SMILES string of the molecule is O=S(=O)([N-]S(=O)(=O)C(F)(F)F)c1c(F)c(F)c(F)c(F)c1N1CC/C=C\CCCC1. The summed E-state index contributed by atoms with van der Waals surface area (Å²) in [4.78, 5) is -1.34. The summed E-state index contributed by atoms with van der Waals surface area (Å²) in [6.45, 7) is -0.440. The lowest BCUT2D eigenvalue weighted by molar-refractivity contribution is -0.0425. The van der Waals surface area contributed by atoms with Crippen molar-refractivity contribution in [2.75, 3.05) is 18.0 Å². The Morgan fingerprint density at radius 1 is 0.800 bits per heavy atom. The molecule has 1 aromatic carbocycles. The molecule has 0 aliphatic carbocycles. The molecule has 170 valence electrons. The number of nitrogens with zero attached hydrogens (tertiary/aromatic N) is 2. The first-order valence-corrected chi connectivity index (χ1v) is 11.1. The predicted molar refractivity (Wildman–Crippen MR) is 91.6 cm³/mol. The van der Waals surface area contributed by atoms with Gasteiger partial charge >= 0.3 is 5.51 Å². The van der Waals surface area contributed by atoms with Crippen LogP contribution in [0.3, 0.4) is 0 Å². The van der Waals surface area contributed by atoms with E-state index in [9.17, 15) is 47.6 Å². The van der Waals surface area contributed by atoms with Gasteiger partial charge in [0, 0.05) is 13.1 Å². The van der Waals surface area contributed by atoms with E-state index in [0.29, 0.717) is 12.8 Å². The van der Waals surface area contributed by atoms with Crippen LogP contribution in [-0.4, -0.2) is 35.4 Å². The molecule has 0 amide bonds. The van der Waals surface area contributed by atoms with E-state index in [2.05, 4.69) is 0 Å². The summed E-state index contributed by atoms with van der Waals surface area (Å²) in [6.07, 6.45) is 4.80. The average Bonchev–Trinajstić information content (AvgIpc) is 2.74. The minimum atomic E-state index is -6.72. The van der Waals surface area contributed by atoms with E-state index in [1.807, 2.05) is 0 Å². The zero-order chi connectivity index (χ0) is 22.9. The van der Waals surface area contributed by atoms with Crippen molar-refractivity contribution in [3.8, 4) is 0 Å². The van der Waals surface area contributed by atoms with Crippen LogP contribution in [0, 0.1) is 23.3 Å². The zero-order valence-corrected chi connectivity index (χ0v) is 16.5. The van der Waals surface area contributed by atoms with Crippen LogP contribution in [0.4, 0.5) is 36.4 Å². The molecule has 15 heteroatoms. The van der Waals surface area contributed by atoms with Crippen LogP contribution >= 0.6 is 0 Å². The van der Waals surface area contributed by atoms with Crippen molar-refractivity contribution in [2.45, 2.75) is 36.1 Å². The predicted octanol–water partition coefficient (Wildman–Crippen LogP) is 4.09. The first-order valence-electron chi connectivity index (χ1n) is 8.27. The highest BCUT2D eigenvalue weighted by molar-refractivity contribution is 8.12. The maximum Gasteiger partial charge on any atom is 0.480 e. The van der Waals surface area contributed by atoms with Crippen molar-refractivity contribution in [3.63, 3.8) is 0 Å². The van der Waals surface area contributed by atoms with E-state index >= 15 is 0 Å². The van der Waals surface area contributed by atoms with Gasteiger partial charge in [-0.2, -0.15) is 13.2 Å². The molecule has 0 atom stereocenters. The van der Waals surface area contributed by atoms with Gasteiger partial charge in [0.25, 0.3) is 0 Å². The molecule has 0 saturated heterocycles. The van der Waals surface area contributed by atoms with Crippen LogP contribution < -0.4 is 4.90 Å². The second-order valence-corrected chi connectivity index (χ2v) is 9.51. The number of hydrogen-bond donors (Lipinski definition) is 0. The Morgan fingerprint density at radius 3 is 1.97 bits per heavy atom. The van der Waals surface area contributed by atoms with E-state index in [4.69, 9.17) is 0 Å². The fourth-order valence-corrected chi connectivity index (χ4v) is 5.14. The van der Waals surface area contributed by atoms with Gasteiger partial charge < -0.3 is 9.03 Å². The van der Waals surface area contributed by atoms with E-state index < -0.39 is 59.4 Å². The fourth-order valence-electron chi connectivity index (χ4n) is 2.69. The number of anilines is 1. The minimum Gasteiger partial charge on any atom is -0.424 e. The molecule has 0 saturated carbocycles. The van der Waals surface area contributed by atoms with Crippen LogP contribution in [0.15, 0.2) is 17.0 Å². The molecule has 0 bridgehead atoms. The van der Waals surface area contributed by atoms with Crippen LogP contribution in [-0.2, 0) is 20.0 Å². The molecule has 1 aliphatic rings. The fraction of sp³-hybridized carbons (Fsp3) is 0.467. The first kappa shape index (κ1) is 24.4. The standard InChI is InChI=1S/C15H14F7N2O4S2/c16-9-10(17)12(19)14(29(25,26)23-30(27,28)15(20,21)22)13(11(9)18)24-7-5-3-1-2-4-6-8-24/h1,3H,2,4-8H2/q-1/b3-1-. The summed E-state index contributed by atoms with van der Waals surface area (Å²) in [6, 6.07) is 0. The highest BCUT2D eigenvalue weighted by Gasteiger charge is 2.42. The lowest BCUT2D eigenvalue weighted by atomic mass is 10.2. The van der Waals surface area contributed by atoms with Gasteiger partial charge in [-0.1, -0.05) is 12.2 Å². The lowest BCUT2D eigenvalue weighted by Gasteiger charge is -2.30. The van der Waals surface area contributed by atoms with Crippen LogP contribution in [0.1, 0.15) is 25.7 Å². The monoisotopic (exact) mass is 483 g/mol. The van der Waals surface area contributed by atoms with Crippen molar-refractivity contribution in [1.82, 2.24) is 0 Å². The van der Waals surface area contributed by atoms with Gasteiger partial charge in [0.2, 0.25) is 0 Å². The summed E-state index contributed by atoms with van der Waals surface area (Å²) in [7, 11) is -12.9. The summed E-state index contributed by atoms with van der Waals surface area (Å²) >= 11 is 0. The molecule has 30 heavy (non-hydrogen) atoms. The van der Waals surface area contributed by atoms with E-state index in [1.165, 1.54) is 0 Å². The van der Waals surface area contributed by atoms with Crippen molar-refractivity contribution >= 4 is 25.7 Å². The maximum absolute atomic E-state index is 14.5. The van der Waals surface area contributed by atoms with Crippen LogP contribution in [0.5, 0.6) is 0 Å². The Hall–Kier alpha value is -1.87. The topological polar surface area (TPSA) is 85.6 Å². The summed E-state index contributed by atoms with van der Waals surface area (Å²) in [5, 5.41) is 0. The summed E-state index contributed by atoms with van der Waals surface area (Å²) < 4.78 is 142. The third-order valence-electron chi connectivity index (χ3n) is 4.04. The van der Waals surface area contributed by atoms with Gasteiger partial charge in [0.1, 0.15) is 14.9 Å². The van der Waals surface area contributed by atoms with Crippen molar-refractivity contribution in [3.05, 3.63) is 39.5 Å². The number of allylic oxidation sites excluding steroid dienone is 1. The highest BCUT2D eigenvalue weighted by atomic mass is 32.3.